The van der Waals surface area contributed by atoms with Crippen molar-refractivity contribution in [3.05, 3.63) is 47.5 Å². The predicted octanol–water partition coefficient (Wildman–Crippen LogP) is 4.39. The van der Waals surface area contributed by atoms with E-state index in [-0.39, 0.29) is 35.7 Å². The van der Waals surface area contributed by atoms with Crippen molar-refractivity contribution in [1.29, 1.82) is 0 Å². The topological polar surface area (TPSA) is 83.3 Å². The monoisotopic (exact) mass is 459 g/mol. The van der Waals surface area contributed by atoms with Gasteiger partial charge in [-0.1, -0.05) is 0 Å². The van der Waals surface area contributed by atoms with Crippen molar-refractivity contribution in [3.63, 3.8) is 0 Å². The summed E-state index contributed by atoms with van der Waals surface area (Å²) in [5.41, 5.74) is -0.741. The van der Waals surface area contributed by atoms with Gasteiger partial charge in [-0.15, -0.1) is 0 Å². The molecule has 0 saturated carbocycles. The number of nitrogens with zero attached hydrogens (tertiary/aromatic N) is 3. The molecule has 0 bridgehead atoms. The van der Waals surface area contributed by atoms with E-state index in [0.717, 1.165) is 18.5 Å². The van der Waals surface area contributed by atoms with Crippen LogP contribution in [0, 0.1) is 18.6 Å². The van der Waals surface area contributed by atoms with Crippen molar-refractivity contribution in [2.24, 2.45) is 0 Å². The quantitative estimate of drug-likeness (QED) is 0.566. The molecule has 0 spiro atoms. The molecule has 2 N–H and O–H groups in total. The third-order valence-corrected chi connectivity index (χ3v) is 4.87. The highest BCUT2D eigenvalue weighted by atomic mass is 19.4. The SMILES string of the molecule is Cc1c(C(NC(=O)Nc2cnc(N3CC(F)C3)nc2)C(F)(F)F)oc2c(F)cc(F)cc12. The molecule has 2 amide bonds. The molecule has 2 aromatic heterocycles. The van der Waals surface area contributed by atoms with Crippen LogP contribution >= 0.6 is 0 Å². The maximum atomic E-state index is 13.9. The molecule has 1 aliphatic rings. The van der Waals surface area contributed by atoms with Crippen LogP contribution < -0.4 is 15.5 Å². The molecular weight excluding hydrogens is 444 g/mol. The van der Waals surface area contributed by atoms with Gasteiger partial charge in [-0.2, -0.15) is 13.2 Å². The summed E-state index contributed by atoms with van der Waals surface area (Å²) < 4.78 is 86.4. The minimum atomic E-state index is -5.01. The number of furan rings is 1. The molecule has 1 aliphatic heterocycles. The van der Waals surface area contributed by atoms with Crippen molar-refractivity contribution in [2.75, 3.05) is 23.3 Å². The Labute approximate surface area is 176 Å². The Kier molecular flexibility index (Phi) is 5.34. The molecule has 0 aliphatic carbocycles. The van der Waals surface area contributed by atoms with Crippen LogP contribution in [-0.2, 0) is 0 Å². The molecular formula is C19H15F6N5O2. The first kappa shape index (κ1) is 21.7. The van der Waals surface area contributed by atoms with Gasteiger partial charge in [-0.3, -0.25) is 0 Å². The number of aryl methyl sites for hydroxylation is 1. The first-order valence-electron chi connectivity index (χ1n) is 9.26. The molecule has 32 heavy (non-hydrogen) atoms. The van der Waals surface area contributed by atoms with Gasteiger partial charge in [0.1, 0.15) is 17.7 Å². The van der Waals surface area contributed by atoms with Gasteiger partial charge in [-0.25, -0.2) is 27.9 Å². The first-order chi connectivity index (χ1) is 15.0. The van der Waals surface area contributed by atoms with Gasteiger partial charge in [0.25, 0.3) is 0 Å². The highest BCUT2D eigenvalue weighted by Crippen LogP contribution is 2.39. The fourth-order valence-corrected chi connectivity index (χ4v) is 3.27. The van der Waals surface area contributed by atoms with Crippen molar-refractivity contribution >= 4 is 28.6 Å². The molecule has 7 nitrogen and oxygen atoms in total. The molecule has 3 heterocycles. The van der Waals surface area contributed by atoms with Gasteiger partial charge in [-0.05, 0) is 13.0 Å². The molecule has 1 unspecified atom stereocenters. The highest BCUT2D eigenvalue weighted by Gasteiger charge is 2.45. The van der Waals surface area contributed by atoms with Crippen molar-refractivity contribution in [1.82, 2.24) is 15.3 Å². The number of urea groups is 1. The largest absolute Gasteiger partial charge is 0.455 e. The fraction of sp³-hybridized carbons (Fsp3) is 0.316. The number of nitrogens with one attached hydrogen (secondary N) is 2. The van der Waals surface area contributed by atoms with E-state index in [1.165, 1.54) is 6.92 Å². The zero-order chi connectivity index (χ0) is 23.2. The van der Waals surface area contributed by atoms with Gasteiger partial charge in [0.05, 0.1) is 31.2 Å². The summed E-state index contributed by atoms with van der Waals surface area (Å²) in [6.07, 6.45) is -3.68. The number of amides is 2. The lowest BCUT2D eigenvalue weighted by molar-refractivity contribution is -0.158. The van der Waals surface area contributed by atoms with E-state index >= 15 is 0 Å². The maximum Gasteiger partial charge on any atom is 0.416 e. The minimum absolute atomic E-state index is 0.0149. The predicted molar refractivity (Wildman–Crippen MR) is 101 cm³/mol. The summed E-state index contributed by atoms with van der Waals surface area (Å²) in [5.74, 6) is -2.72. The second kappa shape index (κ2) is 7.88. The van der Waals surface area contributed by atoms with Gasteiger partial charge in [0, 0.05) is 17.0 Å². The maximum absolute atomic E-state index is 13.9. The van der Waals surface area contributed by atoms with Gasteiger partial charge in [0.2, 0.25) is 5.95 Å². The first-order valence-corrected chi connectivity index (χ1v) is 9.26. The molecule has 170 valence electrons. The molecule has 1 atom stereocenters. The van der Waals surface area contributed by atoms with E-state index in [1.54, 1.807) is 10.2 Å². The molecule has 3 aromatic rings. The minimum Gasteiger partial charge on any atom is -0.455 e. The van der Waals surface area contributed by atoms with Crippen LogP contribution in [0.15, 0.2) is 28.9 Å². The van der Waals surface area contributed by atoms with E-state index < -0.39 is 47.4 Å². The molecule has 1 fully saturated rings. The average Bonchev–Trinajstić information content (AvgIpc) is 3.00. The van der Waals surface area contributed by atoms with E-state index in [2.05, 4.69) is 15.3 Å². The normalized spacial score (nSPS) is 15.5. The molecule has 1 aromatic carbocycles. The van der Waals surface area contributed by atoms with Crippen LogP contribution in [0.2, 0.25) is 0 Å². The van der Waals surface area contributed by atoms with E-state index in [0.29, 0.717) is 6.07 Å². The third kappa shape index (κ3) is 4.14. The van der Waals surface area contributed by atoms with Crippen LogP contribution in [0.25, 0.3) is 11.0 Å². The number of carbonyl (C=O) groups is 1. The van der Waals surface area contributed by atoms with Gasteiger partial charge < -0.3 is 20.0 Å². The number of aromatic nitrogens is 2. The number of hydrogen-bond donors (Lipinski definition) is 2. The Hall–Kier alpha value is -3.51. The Morgan fingerprint density at radius 2 is 1.88 bits per heavy atom. The average molecular weight is 459 g/mol. The van der Waals surface area contributed by atoms with Crippen molar-refractivity contribution in [2.45, 2.75) is 25.3 Å². The number of fused-ring (bicyclic) bond motifs is 1. The lowest BCUT2D eigenvalue weighted by atomic mass is 10.1. The smallest absolute Gasteiger partial charge is 0.416 e. The number of carbonyl (C=O) groups excluding carboxylic acids is 1. The summed E-state index contributed by atoms with van der Waals surface area (Å²) in [4.78, 5) is 21.6. The van der Waals surface area contributed by atoms with Gasteiger partial charge >= 0.3 is 12.2 Å². The third-order valence-electron chi connectivity index (χ3n) is 4.87. The lowest BCUT2D eigenvalue weighted by Crippen LogP contribution is -2.49. The summed E-state index contributed by atoms with van der Waals surface area (Å²) in [7, 11) is 0. The molecule has 0 radical (unpaired) electrons. The zero-order valence-electron chi connectivity index (χ0n) is 16.3. The Morgan fingerprint density at radius 1 is 1.22 bits per heavy atom. The van der Waals surface area contributed by atoms with Crippen LogP contribution in [-0.4, -0.2) is 41.4 Å². The number of benzene rings is 1. The Bertz CT molecular complexity index is 1160. The van der Waals surface area contributed by atoms with Crippen molar-refractivity contribution < 1.29 is 35.6 Å². The Morgan fingerprint density at radius 3 is 2.47 bits per heavy atom. The van der Waals surface area contributed by atoms with E-state index in [9.17, 15) is 31.1 Å². The summed E-state index contributed by atoms with van der Waals surface area (Å²) in [6, 6.07) is -2.57. The molecule has 13 heteroatoms. The number of halogens is 6. The van der Waals surface area contributed by atoms with Crippen LogP contribution in [0.4, 0.5) is 42.8 Å². The van der Waals surface area contributed by atoms with Crippen molar-refractivity contribution in [3.8, 4) is 0 Å². The molecule has 4 rings (SSSR count). The number of rotatable bonds is 4. The number of alkyl halides is 4. The Balaban J connectivity index is 1.53. The summed E-state index contributed by atoms with van der Waals surface area (Å²) in [5, 5.41) is 3.70. The fourth-order valence-electron chi connectivity index (χ4n) is 3.27. The number of anilines is 2. The molecule has 1 saturated heterocycles. The highest BCUT2D eigenvalue weighted by molar-refractivity contribution is 5.89. The zero-order valence-corrected chi connectivity index (χ0v) is 16.3. The van der Waals surface area contributed by atoms with Gasteiger partial charge in [0.15, 0.2) is 17.4 Å². The number of hydrogen-bond acceptors (Lipinski definition) is 5. The van der Waals surface area contributed by atoms with E-state index in [4.69, 9.17) is 4.42 Å². The van der Waals surface area contributed by atoms with Crippen LogP contribution in [0.3, 0.4) is 0 Å². The standard InChI is InChI=1S/C19H15F6N5O2/c1-8-12-2-9(20)3-13(22)15(12)32-14(8)16(19(23,24)25)29-18(31)28-11-4-26-17(27-5-11)30-6-10(21)7-30/h2-5,10,16H,6-7H2,1H3,(H2,28,29,31). The van der Waals surface area contributed by atoms with E-state index in [1.807, 2.05) is 0 Å². The lowest BCUT2D eigenvalue weighted by Gasteiger charge is -2.34. The van der Waals surface area contributed by atoms with Crippen LogP contribution in [0.1, 0.15) is 17.4 Å². The second-order valence-corrected chi connectivity index (χ2v) is 7.20. The summed E-state index contributed by atoms with van der Waals surface area (Å²) >= 11 is 0. The van der Waals surface area contributed by atoms with Crippen LogP contribution in [0.5, 0.6) is 0 Å². The second-order valence-electron chi connectivity index (χ2n) is 7.20. The summed E-state index contributed by atoms with van der Waals surface area (Å²) in [6.45, 7) is 1.45.